The summed E-state index contributed by atoms with van der Waals surface area (Å²) in [5.41, 5.74) is 3.36. The predicted octanol–water partition coefficient (Wildman–Crippen LogP) is 5.46. The van der Waals surface area contributed by atoms with Gasteiger partial charge in [0, 0.05) is 17.1 Å². The molecular formula is C27H36N4O2S. The molecule has 2 amide bonds. The second-order valence-corrected chi connectivity index (χ2v) is 11.6. The van der Waals surface area contributed by atoms with E-state index in [1.165, 1.54) is 42.6 Å². The second kappa shape index (κ2) is 10.1. The molecule has 6 nitrogen and oxygen atoms in total. The van der Waals surface area contributed by atoms with Crippen LogP contribution in [0.15, 0.2) is 24.4 Å². The normalized spacial score (nSPS) is 20.1. The van der Waals surface area contributed by atoms with E-state index in [0.29, 0.717) is 22.8 Å². The quantitative estimate of drug-likeness (QED) is 0.422. The van der Waals surface area contributed by atoms with E-state index in [0.717, 1.165) is 48.4 Å². The van der Waals surface area contributed by atoms with Gasteiger partial charge < -0.3 is 16.0 Å². The standard InChI is InChI=1S/C27H36N4O2S/c1-16-22(14-20(15-28-16)19-7-8-19)29-17(2)24-11-12-25(34-24)27(33)31-23(13-18-5-3-4-6-18)26(32)30-21-9-10-21/h11-12,14-15,17-19,21,23,29H,3-10,13H2,1-2H3,(H,30,32)(H,31,33)/t17-,23-/m0/s1. The van der Waals surface area contributed by atoms with Crippen molar-refractivity contribution >= 4 is 28.8 Å². The summed E-state index contributed by atoms with van der Waals surface area (Å²) in [7, 11) is 0. The van der Waals surface area contributed by atoms with E-state index in [9.17, 15) is 9.59 Å². The monoisotopic (exact) mass is 480 g/mol. The molecular weight excluding hydrogens is 444 g/mol. The number of aromatic nitrogens is 1. The van der Waals surface area contributed by atoms with Crippen LogP contribution in [-0.4, -0.2) is 28.9 Å². The van der Waals surface area contributed by atoms with Crippen molar-refractivity contribution in [3.63, 3.8) is 0 Å². The number of rotatable bonds is 10. The summed E-state index contributed by atoms with van der Waals surface area (Å²) >= 11 is 1.49. The van der Waals surface area contributed by atoms with E-state index in [4.69, 9.17) is 0 Å². The highest BCUT2D eigenvalue weighted by atomic mass is 32.1. The molecule has 3 aliphatic rings. The Morgan fingerprint density at radius 3 is 2.59 bits per heavy atom. The number of pyridine rings is 1. The number of aryl methyl sites for hydroxylation is 1. The van der Waals surface area contributed by atoms with Crippen molar-refractivity contribution < 1.29 is 9.59 Å². The number of nitrogens with zero attached hydrogens (tertiary/aromatic N) is 1. The average molecular weight is 481 g/mol. The van der Waals surface area contributed by atoms with Crippen molar-refractivity contribution in [2.45, 2.75) is 95.7 Å². The Labute approximate surface area is 206 Å². The summed E-state index contributed by atoms with van der Waals surface area (Å²) in [4.78, 5) is 32.3. The van der Waals surface area contributed by atoms with Crippen molar-refractivity contribution in [1.29, 1.82) is 0 Å². The average Bonchev–Trinajstić information content (AvgIpc) is 3.72. The first-order chi connectivity index (χ1) is 16.5. The van der Waals surface area contributed by atoms with E-state index in [-0.39, 0.29) is 17.9 Å². The minimum absolute atomic E-state index is 0.0203. The predicted molar refractivity (Wildman–Crippen MR) is 136 cm³/mol. The fraction of sp³-hybridized carbons (Fsp3) is 0.593. The van der Waals surface area contributed by atoms with Crippen LogP contribution in [0, 0.1) is 12.8 Å². The van der Waals surface area contributed by atoms with Crippen LogP contribution in [0.3, 0.4) is 0 Å². The summed E-state index contributed by atoms with van der Waals surface area (Å²) < 4.78 is 0. The minimum atomic E-state index is -0.448. The summed E-state index contributed by atoms with van der Waals surface area (Å²) in [5, 5.41) is 9.74. The van der Waals surface area contributed by atoms with Gasteiger partial charge in [-0.1, -0.05) is 25.7 Å². The van der Waals surface area contributed by atoms with E-state index in [1.807, 2.05) is 25.3 Å². The zero-order valence-electron chi connectivity index (χ0n) is 20.2. The maximum Gasteiger partial charge on any atom is 0.262 e. The SMILES string of the molecule is Cc1ncc(C2CC2)cc1N[C@@H](C)c1ccc(C(=O)N[C@@H](CC2CCCC2)C(=O)NC2CC2)s1. The molecule has 182 valence electrons. The first kappa shape index (κ1) is 23.3. The Hall–Kier alpha value is -2.41. The second-order valence-electron chi connectivity index (χ2n) is 10.4. The van der Waals surface area contributed by atoms with Gasteiger partial charge in [-0.15, -0.1) is 11.3 Å². The molecule has 2 aromatic rings. The van der Waals surface area contributed by atoms with Gasteiger partial charge >= 0.3 is 0 Å². The van der Waals surface area contributed by atoms with Gasteiger partial charge in [-0.3, -0.25) is 14.6 Å². The molecule has 3 saturated carbocycles. The molecule has 5 rings (SSSR count). The molecule has 0 radical (unpaired) electrons. The Morgan fingerprint density at radius 2 is 1.88 bits per heavy atom. The fourth-order valence-electron chi connectivity index (χ4n) is 4.92. The van der Waals surface area contributed by atoms with Gasteiger partial charge in [-0.2, -0.15) is 0 Å². The third kappa shape index (κ3) is 5.80. The number of thiophene rings is 1. The Balaban J connectivity index is 1.22. The Morgan fingerprint density at radius 1 is 1.12 bits per heavy atom. The van der Waals surface area contributed by atoms with Crippen molar-refractivity contribution in [2.24, 2.45) is 5.92 Å². The van der Waals surface area contributed by atoms with Crippen LogP contribution < -0.4 is 16.0 Å². The minimum Gasteiger partial charge on any atom is -0.376 e. The zero-order valence-corrected chi connectivity index (χ0v) is 21.0. The van der Waals surface area contributed by atoms with Crippen LogP contribution in [0.2, 0.25) is 0 Å². The van der Waals surface area contributed by atoms with Crippen molar-refractivity contribution in [3.8, 4) is 0 Å². The lowest BCUT2D eigenvalue weighted by molar-refractivity contribution is -0.123. The van der Waals surface area contributed by atoms with Crippen LogP contribution in [0.4, 0.5) is 5.69 Å². The van der Waals surface area contributed by atoms with Gasteiger partial charge in [0.2, 0.25) is 5.91 Å². The Kier molecular flexibility index (Phi) is 6.91. The molecule has 2 aromatic heterocycles. The van der Waals surface area contributed by atoms with Gasteiger partial charge in [0.15, 0.2) is 0 Å². The zero-order chi connectivity index (χ0) is 23.7. The number of carbonyl (C=O) groups excluding carboxylic acids is 2. The lowest BCUT2D eigenvalue weighted by atomic mass is 9.97. The van der Waals surface area contributed by atoms with Gasteiger partial charge in [0.1, 0.15) is 6.04 Å². The Bertz CT molecular complexity index is 1040. The lowest BCUT2D eigenvalue weighted by Gasteiger charge is -2.21. The highest BCUT2D eigenvalue weighted by molar-refractivity contribution is 7.14. The van der Waals surface area contributed by atoms with Gasteiger partial charge in [-0.05, 0) is 81.5 Å². The molecule has 34 heavy (non-hydrogen) atoms. The van der Waals surface area contributed by atoms with Crippen LogP contribution in [0.1, 0.15) is 102 Å². The molecule has 0 bridgehead atoms. The number of carbonyl (C=O) groups is 2. The maximum atomic E-state index is 13.1. The molecule has 3 aliphatic carbocycles. The number of anilines is 1. The number of hydrogen-bond acceptors (Lipinski definition) is 5. The van der Waals surface area contributed by atoms with Crippen LogP contribution in [0.5, 0.6) is 0 Å². The third-order valence-corrected chi connectivity index (χ3v) is 8.66. The third-order valence-electron chi connectivity index (χ3n) is 7.40. The van der Waals surface area contributed by atoms with E-state index < -0.39 is 6.04 Å². The smallest absolute Gasteiger partial charge is 0.262 e. The van der Waals surface area contributed by atoms with Gasteiger partial charge in [0.25, 0.3) is 5.91 Å². The summed E-state index contributed by atoms with van der Waals surface area (Å²) in [6, 6.07) is 6.03. The molecule has 3 fully saturated rings. The molecule has 0 spiro atoms. The van der Waals surface area contributed by atoms with E-state index in [2.05, 4.69) is 33.9 Å². The first-order valence-corrected chi connectivity index (χ1v) is 13.7. The van der Waals surface area contributed by atoms with Gasteiger partial charge in [0.05, 0.1) is 22.3 Å². The highest BCUT2D eigenvalue weighted by Crippen LogP contribution is 2.41. The molecule has 0 aliphatic heterocycles. The molecule has 2 heterocycles. The molecule has 3 N–H and O–H groups in total. The number of amides is 2. The largest absolute Gasteiger partial charge is 0.376 e. The molecule has 2 atom stereocenters. The summed E-state index contributed by atoms with van der Waals surface area (Å²) in [5.74, 6) is 1.02. The fourth-order valence-corrected chi connectivity index (χ4v) is 5.83. The molecule has 0 saturated heterocycles. The maximum absolute atomic E-state index is 13.1. The summed E-state index contributed by atoms with van der Waals surface area (Å²) in [6.45, 7) is 4.14. The summed E-state index contributed by atoms with van der Waals surface area (Å²) in [6.07, 6.45) is 12.1. The first-order valence-electron chi connectivity index (χ1n) is 12.9. The van der Waals surface area contributed by atoms with Gasteiger partial charge in [-0.25, -0.2) is 0 Å². The molecule has 7 heteroatoms. The van der Waals surface area contributed by atoms with Crippen molar-refractivity contribution in [2.75, 3.05) is 5.32 Å². The highest BCUT2D eigenvalue weighted by Gasteiger charge is 2.31. The van der Waals surface area contributed by atoms with Crippen LogP contribution in [-0.2, 0) is 4.79 Å². The molecule has 0 aromatic carbocycles. The van der Waals surface area contributed by atoms with Crippen LogP contribution >= 0.6 is 11.3 Å². The number of nitrogens with one attached hydrogen (secondary N) is 3. The van der Waals surface area contributed by atoms with E-state index >= 15 is 0 Å². The topological polar surface area (TPSA) is 83.1 Å². The van der Waals surface area contributed by atoms with Crippen molar-refractivity contribution in [3.05, 3.63) is 45.4 Å². The van der Waals surface area contributed by atoms with Crippen LogP contribution in [0.25, 0.3) is 0 Å². The molecule has 0 unspecified atom stereocenters. The lowest BCUT2D eigenvalue weighted by Crippen LogP contribution is -2.48. The number of hydrogen-bond donors (Lipinski definition) is 3. The van der Waals surface area contributed by atoms with Crippen molar-refractivity contribution in [1.82, 2.24) is 15.6 Å². The van der Waals surface area contributed by atoms with E-state index in [1.54, 1.807) is 0 Å².